The van der Waals surface area contributed by atoms with E-state index < -0.39 is 17.5 Å². The molecule has 1 aromatic heterocycles. The number of amides is 1. The zero-order valence-electron chi connectivity index (χ0n) is 12.9. The summed E-state index contributed by atoms with van der Waals surface area (Å²) in [6.45, 7) is 3.06. The number of piperidine rings is 1. The molecule has 0 aromatic carbocycles. The van der Waals surface area contributed by atoms with Crippen molar-refractivity contribution in [2.75, 3.05) is 24.5 Å². The molecule has 0 saturated carbocycles. The molecule has 0 radical (unpaired) electrons. The van der Waals surface area contributed by atoms with Gasteiger partial charge in [0.25, 0.3) is 0 Å². The van der Waals surface area contributed by atoms with Crippen molar-refractivity contribution in [2.45, 2.75) is 38.5 Å². The molecule has 9 heteroatoms. The van der Waals surface area contributed by atoms with Crippen molar-refractivity contribution in [2.24, 2.45) is 0 Å². The number of aromatic nitrogens is 2. The first-order valence-corrected chi connectivity index (χ1v) is 7.20. The average Bonchev–Trinajstić information content (AvgIpc) is 2.44. The Labute approximate surface area is 131 Å². The average molecular weight is 334 g/mol. The van der Waals surface area contributed by atoms with Crippen molar-refractivity contribution in [1.82, 2.24) is 15.3 Å². The number of hydrogen-bond donors (Lipinski definition) is 1. The zero-order valence-corrected chi connectivity index (χ0v) is 12.9. The zero-order chi connectivity index (χ0) is 17.3. The molecule has 1 fully saturated rings. The van der Waals surface area contributed by atoms with Crippen LogP contribution >= 0.6 is 0 Å². The summed E-state index contributed by atoms with van der Waals surface area (Å²) in [6, 6.07) is 0.881. The second-order valence-corrected chi connectivity index (χ2v) is 5.70. The highest BCUT2D eigenvalue weighted by Gasteiger charge is 2.37. The number of rotatable bonds is 3. The molecule has 1 aliphatic heterocycles. The Morgan fingerprint density at radius 1 is 1.35 bits per heavy atom. The van der Waals surface area contributed by atoms with E-state index in [0.717, 1.165) is 6.07 Å². The number of carbonyl (C=O) groups excluding carboxylic acids is 1. The Bertz CT molecular complexity index is 583. The number of alkyl halides is 4. The van der Waals surface area contributed by atoms with Gasteiger partial charge in [-0.05, 0) is 6.92 Å². The number of nitrogens with one attached hydrogen (secondary N) is 1. The van der Waals surface area contributed by atoms with Crippen LogP contribution in [0, 0.1) is 6.92 Å². The van der Waals surface area contributed by atoms with E-state index in [-0.39, 0.29) is 50.0 Å². The quantitative estimate of drug-likeness (QED) is 0.862. The maximum absolute atomic E-state index is 14.5. The number of halogens is 4. The number of nitrogens with zero attached hydrogens (tertiary/aromatic N) is 3. The Kier molecular flexibility index (Phi) is 4.76. The first kappa shape index (κ1) is 17.4. The van der Waals surface area contributed by atoms with Crippen LogP contribution in [-0.4, -0.2) is 41.2 Å². The second-order valence-electron chi connectivity index (χ2n) is 5.70. The van der Waals surface area contributed by atoms with E-state index in [0.29, 0.717) is 0 Å². The largest absolute Gasteiger partial charge is 0.433 e. The van der Waals surface area contributed by atoms with Crippen LogP contribution < -0.4 is 10.2 Å². The van der Waals surface area contributed by atoms with Crippen LogP contribution in [0.15, 0.2) is 6.07 Å². The second kappa shape index (κ2) is 6.29. The highest BCUT2D eigenvalue weighted by atomic mass is 19.4. The lowest BCUT2D eigenvalue weighted by molar-refractivity contribution is -0.141. The normalized spacial score (nSPS) is 17.9. The summed E-state index contributed by atoms with van der Waals surface area (Å²) >= 11 is 0. The third-order valence-corrected chi connectivity index (χ3v) is 3.75. The van der Waals surface area contributed by atoms with Gasteiger partial charge in [0.05, 0.1) is 6.54 Å². The summed E-state index contributed by atoms with van der Waals surface area (Å²) in [5, 5.41) is 2.44. The molecular formula is C14H18F4N4O. The van der Waals surface area contributed by atoms with Crippen LogP contribution in [0.2, 0.25) is 0 Å². The lowest BCUT2D eigenvalue weighted by Gasteiger charge is -2.37. The first-order valence-electron chi connectivity index (χ1n) is 7.20. The van der Waals surface area contributed by atoms with Crippen molar-refractivity contribution < 1.29 is 22.4 Å². The van der Waals surface area contributed by atoms with Crippen molar-refractivity contribution in [3.05, 3.63) is 17.6 Å². The van der Waals surface area contributed by atoms with Gasteiger partial charge in [0.15, 0.2) is 0 Å². The van der Waals surface area contributed by atoms with Crippen LogP contribution in [0.3, 0.4) is 0 Å². The minimum absolute atomic E-state index is 0.0187. The molecule has 23 heavy (non-hydrogen) atoms. The highest BCUT2D eigenvalue weighted by Crippen LogP contribution is 2.32. The van der Waals surface area contributed by atoms with Crippen molar-refractivity contribution in [1.29, 1.82) is 0 Å². The van der Waals surface area contributed by atoms with Crippen LogP contribution in [0.1, 0.15) is 31.3 Å². The lowest BCUT2D eigenvalue weighted by atomic mass is 9.93. The highest BCUT2D eigenvalue weighted by molar-refractivity contribution is 5.72. The van der Waals surface area contributed by atoms with Gasteiger partial charge >= 0.3 is 6.18 Å². The lowest BCUT2D eigenvalue weighted by Crippen LogP contribution is -2.48. The third kappa shape index (κ3) is 4.52. The number of hydrogen-bond acceptors (Lipinski definition) is 4. The van der Waals surface area contributed by atoms with Crippen molar-refractivity contribution in [3.63, 3.8) is 0 Å². The predicted octanol–water partition coefficient (Wildman–Crippen LogP) is 2.25. The van der Waals surface area contributed by atoms with Gasteiger partial charge in [-0.15, -0.1) is 0 Å². The smallest absolute Gasteiger partial charge is 0.356 e. The van der Waals surface area contributed by atoms with Gasteiger partial charge in [0, 0.05) is 38.9 Å². The predicted molar refractivity (Wildman–Crippen MR) is 75.7 cm³/mol. The molecule has 2 rings (SSSR count). The molecule has 0 unspecified atom stereocenters. The van der Waals surface area contributed by atoms with Gasteiger partial charge in [-0.3, -0.25) is 4.79 Å². The number of anilines is 1. The summed E-state index contributed by atoms with van der Waals surface area (Å²) in [6.07, 6.45) is -4.33. The summed E-state index contributed by atoms with van der Waals surface area (Å²) in [5.41, 5.74) is -2.55. The minimum Gasteiger partial charge on any atom is -0.356 e. The molecule has 1 N–H and O–H groups in total. The summed E-state index contributed by atoms with van der Waals surface area (Å²) < 4.78 is 52.9. The van der Waals surface area contributed by atoms with E-state index in [4.69, 9.17) is 0 Å². The molecule has 2 heterocycles. The Morgan fingerprint density at radius 2 is 1.96 bits per heavy atom. The van der Waals surface area contributed by atoms with Gasteiger partial charge in [-0.25, -0.2) is 14.4 Å². The fourth-order valence-electron chi connectivity index (χ4n) is 2.46. The fourth-order valence-corrected chi connectivity index (χ4v) is 2.46. The molecule has 1 aromatic rings. The van der Waals surface area contributed by atoms with Crippen molar-refractivity contribution in [3.8, 4) is 0 Å². The maximum atomic E-state index is 14.5. The van der Waals surface area contributed by atoms with Crippen LogP contribution in [0.4, 0.5) is 23.4 Å². The van der Waals surface area contributed by atoms with E-state index in [1.54, 1.807) is 4.90 Å². The monoisotopic (exact) mass is 334 g/mol. The maximum Gasteiger partial charge on any atom is 0.433 e. The topological polar surface area (TPSA) is 58.1 Å². The third-order valence-electron chi connectivity index (χ3n) is 3.75. The van der Waals surface area contributed by atoms with E-state index in [2.05, 4.69) is 15.3 Å². The van der Waals surface area contributed by atoms with Gasteiger partial charge in [0.2, 0.25) is 5.91 Å². The Morgan fingerprint density at radius 3 is 2.48 bits per heavy atom. The van der Waals surface area contributed by atoms with E-state index >= 15 is 0 Å². The van der Waals surface area contributed by atoms with Gasteiger partial charge in [0.1, 0.15) is 23.0 Å². The van der Waals surface area contributed by atoms with Gasteiger partial charge < -0.3 is 10.2 Å². The molecule has 1 aliphatic rings. The van der Waals surface area contributed by atoms with Crippen molar-refractivity contribution >= 4 is 11.7 Å². The molecule has 0 aliphatic carbocycles. The van der Waals surface area contributed by atoms with Crippen LogP contribution in [0.25, 0.3) is 0 Å². The van der Waals surface area contributed by atoms with Crippen LogP contribution in [-0.2, 0) is 11.0 Å². The van der Waals surface area contributed by atoms with E-state index in [1.165, 1.54) is 13.8 Å². The molecule has 5 nitrogen and oxygen atoms in total. The van der Waals surface area contributed by atoms with Gasteiger partial charge in [-0.1, -0.05) is 0 Å². The molecule has 0 bridgehead atoms. The number of aryl methyl sites for hydroxylation is 1. The molecular weight excluding hydrogens is 316 g/mol. The molecule has 0 atom stereocenters. The van der Waals surface area contributed by atoms with Gasteiger partial charge in [-0.2, -0.15) is 13.2 Å². The molecule has 128 valence electrons. The summed E-state index contributed by atoms with van der Waals surface area (Å²) in [4.78, 5) is 19.9. The fraction of sp³-hybridized carbons (Fsp3) is 0.643. The Hall–Kier alpha value is -1.93. The van der Waals surface area contributed by atoms with Crippen LogP contribution in [0.5, 0.6) is 0 Å². The Balaban J connectivity index is 2.08. The first-order chi connectivity index (χ1) is 10.6. The molecule has 0 spiro atoms. The van der Waals surface area contributed by atoms with E-state index in [9.17, 15) is 22.4 Å². The SMILES string of the molecule is CC(=O)NCC1(F)CCN(c2cc(C(F)(F)F)nc(C)n2)CC1. The standard InChI is InChI=1S/C14H18F4N4O/c1-9-20-11(14(16,17)18)7-12(21-9)22-5-3-13(15,4-6-22)8-19-10(2)23/h7H,3-6,8H2,1-2H3,(H,19,23). The summed E-state index contributed by atoms with van der Waals surface area (Å²) in [7, 11) is 0. The van der Waals surface area contributed by atoms with E-state index in [1.807, 2.05) is 0 Å². The number of carbonyl (C=O) groups is 1. The summed E-state index contributed by atoms with van der Waals surface area (Å²) in [5.74, 6) is -0.151. The minimum atomic E-state index is -4.55. The molecule has 1 saturated heterocycles. The molecule has 1 amide bonds.